The van der Waals surface area contributed by atoms with E-state index < -0.39 is 0 Å². The van der Waals surface area contributed by atoms with E-state index in [-0.39, 0.29) is 11.4 Å². The quantitative estimate of drug-likeness (QED) is 0.771. The predicted molar refractivity (Wildman–Crippen MR) is 75.7 cm³/mol. The number of nitriles is 1. The van der Waals surface area contributed by atoms with E-state index in [2.05, 4.69) is 20.1 Å². The molecule has 0 saturated heterocycles. The minimum absolute atomic E-state index is 0.169. The zero-order valence-electron chi connectivity index (χ0n) is 11.0. The van der Waals surface area contributed by atoms with Crippen molar-refractivity contribution in [2.75, 3.05) is 5.73 Å². The molecule has 0 atom stereocenters. The van der Waals surface area contributed by atoms with Crippen molar-refractivity contribution < 1.29 is 0 Å². The summed E-state index contributed by atoms with van der Waals surface area (Å²) < 4.78 is 1.76. The van der Waals surface area contributed by atoms with Crippen molar-refractivity contribution in [3.05, 3.63) is 54.4 Å². The van der Waals surface area contributed by atoms with Crippen LogP contribution in [0.3, 0.4) is 0 Å². The molecule has 0 fully saturated rings. The number of rotatable bonds is 3. The third-order valence-corrected chi connectivity index (χ3v) is 2.96. The lowest BCUT2D eigenvalue weighted by Crippen LogP contribution is -2.00. The highest BCUT2D eigenvalue weighted by molar-refractivity contribution is 5.70. The van der Waals surface area contributed by atoms with Crippen LogP contribution >= 0.6 is 0 Å². The van der Waals surface area contributed by atoms with Gasteiger partial charge in [-0.15, -0.1) is 0 Å². The van der Waals surface area contributed by atoms with Crippen LogP contribution in [0.2, 0.25) is 0 Å². The molecule has 0 aromatic carbocycles. The number of nitrogen functional groups attached to an aromatic ring is 1. The van der Waals surface area contributed by atoms with Crippen molar-refractivity contribution in [2.45, 2.75) is 6.54 Å². The van der Waals surface area contributed by atoms with Gasteiger partial charge in [-0.2, -0.15) is 10.4 Å². The van der Waals surface area contributed by atoms with Gasteiger partial charge in [-0.1, -0.05) is 6.07 Å². The van der Waals surface area contributed by atoms with Gasteiger partial charge in [0.05, 0.1) is 18.4 Å². The molecule has 0 amide bonds. The summed E-state index contributed by atoms with van der Waals surface area (Å²) in [7, 11) is 0. The summed E-state index contributed by atoms with van der Waals surface area (Å²) in [5, 5.41) is 13.4. The summed E-state index contributed by atoms with van der Waals surface area (Å²) in [5.41, 5.74) is 8.20. The second kappa shape index (κ2) is 5.38. The maximum atomic E-state index is 9.16. The van der Waals surface area contributed by atoms with Gasteiger partial charge in [0.15, 0.2) is 0 Å². The molecule has 21 heavy (non-hydrogen) atoms. The molecular weight excluding hydrogens is 266 g/mol. The fourth-order valence-corrected chi connectivity index (χ4v) is 1.98. The van der Waals surface area contributed by atoms with Gasteiger partial charge in [0, 0.05) is 24.2 Å². The van der Waals surface area contributed by atoms with E-state index in [1.165, 1.54) is 6.33 Å². The number of anilines is 1. The number of aromatic nitrogens is 5. The molecule has 3 aromatic heterocycles. The summed E-state index contributed by atoms with van der Waals surface area (Å²) in [6.45, 7) is 0.594. The molecule has 2 N–H and O–H groups in total. The van der Waals surface area contributed by atoms with Gasteiger partial charge >= 0.3 is 0 Å². The Balaban J connectivity index is 1.93. The van der Waals surface area contributed by atoms with E-state index in [1.807, 2.05) is 24.4 Å². The molecule has 3 heterocycles. The molecule has 0 radical (unpaired) electrons. The van der Waals surface area contributed by atoms with Crippen LogP contribution < -0.4 is 5.73 Å². The van der Waals surface area contributed by atoms with Crippen LogP contribution in [-0.4, -0.2) is 24.7 Å². The smallest absolute Gasteiger partial charge is 0.145 e. The number of hydrogen-bond acceptors (Lipinski definition) is 6. The van der Waals surface area contributed by atoms with Crippen molar-refractivity contribution in [2.24, 2.45) is 0 Å². The standard InChI is InChI=1S/C14H11N7/c15-4-12-13(18-9-19-14(12)16)11-6-20-21(8-11)7-10-2-1-3-17-5-10/h1-3,5-6,8-9H,7H2,(H2,16,18,19). The van der Waals surface area contributed by atoms with Gasteiger partial charge in [-0.25, -0.2) is 9.97 Å². The monoisotopic (exact) mass is 277 g/mol. The summed E-state index contributed by atoms with van der Waals surface area (Å²) in [6, 6.07) is 5.87. The molecule has 102 valence electrons. The lowest BCUT2D eigenvalue weighted by Gasteiger charge is -2.02. The third-order valence-electron chi connectivity index (χ3n) is 2.96. The maximum Gasteiger partial charge on any atom is 0.145 e. The van der Waals surface area contributed by atoms with Crippen LogP contribution in [0.15, 0.2) is 43.2 Å². The van der Waals surface area contributed by atoms with Gasteiger partial charge in [-0.05, 0) is 11.6 Å². The molecule has 3 aromatic rings. The lowest BCUT2D eigenvalue weighted by molar-refractivity contribution is 0.685. The van der Waals surface area contributed by atoms with E-state index in [4.69, 9.17) is 11.0 Å². The summed E-state index contributed by atoms with van der Waals surface area (Å²) >= 11 is 0. The molecular formula is C14H11N7. The fraction of sp³-hybridized carbons (Fsp3) is 0.0714. The van der Waals surface area contributed by atoms with E-state index in [0.717, 1.165) is 11.1 Å². The van der Waals surface area contributed by atoms with Crippen molar-refractivity contribution in [1.29, 1.82) is 5.26 Å². The molecule has 7 heteroatoms. The Morgan fingerprint density at radius 3 is 2.95 bits per heavy atom. The SMILES string of the molecule is N#Cc1c(N)ncnc1-c1cnn(Cc2cccnc2)c1. The zero-order chi connectivity index (χ0) is 14.7. The Labute approximate surface area is 120 Å². The molecule has 0 aliphatic rings. The summed E-state index contributed by atoms with van der Waals surface area (Å²) in [4.78, 5) is 12.0. The predicted octanol–water partition coefficient (Wildman–Crippen LogP) is 1.24. The summed E-state index contributed by atoms with van der Waals surface area (Å²) in [5.74, 6) is 0.169. The van der Waals surface area contributed by atoms with Crippen LogP contribution in [0.1, 0.15) is 11.1 Å². The number of hydrogen-bond donors (Lipinski definition) is 1. The van der Waals surface area contributed by atoms with E-state index in [1.54, 1.807) is 23.3 Å². The molecule has 0 aliphatic carbocycles. The second-order valence-electron chi connectivity index (χ2n) is 4.38. The van der Waals surface area contributed by atoms with E-state index in [0.29, 0.717) is 12.2 Å². The Morgan fingerprint density at radius 2 is 2.19 bits per heavy atom. The number of pyridine rings is 1. The Kier molecular flexibility index (Phi) is 3.27. The van der Waals surface area contributed by atoms with E-state index >= 15 is 0 Å². The first-order chi connectivity index (χ1) is 10.3. The molecule has 0 aliphatic heterocycles. The van der Waals surface area contributed by atoms with Gasteiger partial charge in [0.2, 0.25) is 0 Å². The van der Waals surface area contributed by atoms with Gasteiger partial charge in [0.25, 0.3) is 0 Å². The van der Waals surface area contributed by atoms with Gasteiger partial charge in [-0.3, -0.25) is 9.67 Å². The van der Waals surface area contributed by atoms with Crippen molar-refractivity contribution in [3.63, 3.8) is 0 Å². The zero-order valence-corrected chi connectivity index (χ0v) is 11.0. The van der Waals surface area contributed by atoms with Crippen LogP contribution in [0.5, 0.6) is 0 Å². The minimum atomic E-state index is 0.169. The first-order valence-electron chi connectivity index (χ1n) is 6.20. The average molecular weight is 277 g/mol. The Hall–Kier alpha value is -3.27. The Morgan fingerprint density at radius 1 is 1.29 bits per heavy atom. The molecule has 0 saturated carbocycles. The third kappa shape index (κ3) is 2.55. The molecule has 0 spiro atoms. The number of nitrogens with zero attached hydrogens (tertiary/aromatic N) is 6. The highest BCUT2D eigenvalue weighted by atomic mass is 15.3. The lowest BCUT2D eigenvalue weighted by atomic mass is 10.1. The van der Waals surface area contributed by atoms with Gasteiger partial charge < -0.3 is 5.73 Å². The van der Waals surface area contributed by atoms with Crippen LogP contribution in [0.25, 0.3) is 11.3 Å². The first kappa shape index (κ1) is 12.7. The van der Waals surface area contributed by atoms with Crippen LogP contribution in [0, 0.1) is 11.3 Å². The highest BCUT2D eigenvalue weighted by Gasteiger charge is 2.12. The minimum Gasteiger partial charge on any atom is -0.382 e. The molecule has 0 bridgehead atoms. The summed E-state index contributed by atoms with van der Waals surface area (Å²) in [6.07, 6.45) is 8.31. The molecule has 7 nitrogen and oxygen atoms in total. The first-order valence-corrected chi connectivity index (χ1v) is 6.20. The normalized spacial score (nSPS) is 10.2. The topological polar surface area (TPSA) is 106 Å². The highest BCUT2D eigenvalue weighted by Crippen LogP contribution is 2.22. The van der Waals surface area contributed by atoms with Gasteiger partial charge in [0.1, 0.15) is 23.8 Å². The second-order valence-corrected chi connectivity index (χ2v) is 4.38. The number of nitrogens with two attached hydrogens (primary N) is 1. The van der Waals surface area contributed by atoms with Crippen LogP contribution in [0.4, 0.5) is 5.82 Å². The largest absolute Gasteiger partial charge is 0.382 e. The maximum absolute atomic E-state index is 9.16. The Bertz CT molecular complexity index is 802. The van der Waals surface area contributed by atoms with Crippen molar-refractivity contribution in [1.82, 2.24) is 24.7 Å². The van der Waals surface area contributed by atoms with Crippen LogP contribution in [-0.2, 0) is 6.54 Å². The van der Waals surface area contributed by atoms with Crippen molar-refractivity contribution in [3.8, 4) is 17.3 Å². The fourth-order valence-electron chi connectivity index (χ4n) is 1.98. The van der Waals surface area contributed by atoms with E-state index in [9.17, 15) is 0 Å². The molecule has 0 unspecified atom stereocenters. The average Bonchev–Trinajstić information content (AvgIpc) is 2.96. The molecule has 3 rings (SSSR count). The van der Waals surface area contributed by atoms with Crippen molar-refractivity contribution >= 4 is 5.82 Å².